The van der Waals surface area contributed by atoms with Crippen LogP contribution < -0.4 is 14.7 Å². The third-order valence-electron chi connectivity index (χ3n) is 0. The number of rotatable bonds is 0. The summed E-state index contributed by atoms with van der Waals surface area (Å²) in [4.78, 5) is 25.6. The minimum Gasteiger partial charge on any atom is -0.870 e. The fourth-order valence-corrected chi connectivity index (χ4v) is 0. The van der Waals surface area contributed by atoms with E-state index in [9.17, 15) is 0 Å². The summed E-state index contributed by atoms with van der Waals surface area (Å²) in [5.41, 5.74) is 0. The van der Waals surface area contributed by atoms with Crippen LogP contribution in [0.1, 0.15) is 0 Å². The van der Waals surface area contributed by atoms with E-state index < -0.39 is 7.82 Å². The van der Waals surface area contributed by atoms with Crippen molar-refractivity contribution in [2.75, 3.05) is 0 Å². The first-order valence-corrected chi connectivity index (χ1v) is 2.19. The average molecular weight is 139 g/mol. The van der Waals surface area contributed by atoms with Gasteiger partial charge in [-0.25, -0.2) is 0 Å². The van der Waals surface area contributed by atoms with Gasteiger partial charge in [-0.15, -0.1) is 0 Å². The molecule has 0 heterocycles. The third kappa shape index (κ3) is 385. The Bertz CT molecular complexity index is 54.2. The number of phosphoric acid groups is 1. The summed E-state index contributed by atoms with van der Waals surface area (Å²) in [5, 5.41) is 0. The van der Waals surface area contributed by atoms with Gasteiger partial charge in [-0.2, -0.15) is 7.82 Å². The maximum absolute atomic E-state index is 8.55. The van der Waals surface area contributed by atoms with Crippen LogP contribution in [-0.2, 0) is 4.57 Å². The first-order valence-electron chi connectivity index (χ1n) is 0.730. The predicted molar refractivity (Wildman–Crippen MR) is 15.3 cm³/mol. The largest absolute Gasteiger partial charge is 3.00 e. The van der Waals surface area contributed by atoms with Crippen molar-refractivity contribution in [1.29, 1.82) is 0 Å². The smallest absolute Gasteiger partial charge is 0.870 e. The molecule has 0 amide bonds. The van der Waals surface area contributed by atoms with E-state index in [2.05, 4.69) is 0 Å². The van der Waals surface area contributed by atoms with E-state index in [1.807, 2.05) is 0 Å². The van der Waals surface area contributed by atoms with Crippen molar-refractivity contribution in [2.45, 2.75) is 0 Å². The van der Waals surface area contributed by atoms with Crippen LogP contribution in [-0.4, -0.2) is 22.8 Å². The summed E-state index contributed by atoms with van der Waals surface area (Å²) in [6.45, 7) is 0. The molecule has 0 aliphatic carbocycles. The van der Waals surface area contributed by atoms with Crippen LogP contribution >= 0.6 is 7.82 Å². The second-order valence-electron chi connectivity index (χ2n) is 0.447. The Morgan fingerprint density at radius 3 is 1.14 bits per heavy atom. The van der Waals surface area contributed by atoms with Crippen LogP contribution in [0.25, 0.3) is 0 Å². The zero-order chi connectivity index (χ0) is 4.50. The van der Waals surface area contributed by atoms with Gasteiger partial charge in [0.2, 0.25) is 0 Å². The van der Waals surface area contributed by atoms with Gasteiger partial charge >= 0.3 is 17.4 Å². The fourth-order valence-electron chi connectivity index (χ4n) is 0. The molecule has 0 saturated carbocycles. The molecule has 0 aromatic carbocycles. The molecule has 0 aliphatic heterocycles. The third-order valence-corrected chi connectivity index (χ3v) is 0. The Morgan fingerprint density at radius 1 is 1.14 bits per heavy atom. The Hall–Kier alpha value is 0.602. The fraction of sp³-hybridized carbons (Fsp3) is 0. The Morgan fingerprint density at radius 2 is 1.14 bits per heavy atom. The van der Waals surface area contributed by atoms with Crippen LogP contribution in [0.3, 0.4) is 0 Å². The molecule has 7 heavy (non-hydrogen) atoms. The van der Waals surface area contributed by atoms with Gasteiger partial charge in [0.15, 0.2) is 0 Å². The Balaban J connectivity index is -0.0000000800. The average Bonchev–Trinajstić information content (AvgIpc) is 0.722. The topological polar surface area (TPSA) is 116 Å². The van der Waals surface area contributed by atoms with Gasteiger partial charge in [-0.3, -0.25) is 0 Å². The zero-order valence-corrected chi connectivity index (χ0v) is 5.15. The van der Waals surface area contributed by atoms with Crippen LogP contribution in [0.15, 0.2) is 0 Å². The van der Waals surface area contributed by atoms with E-state index in [0.29, 0.717) is 0 Å². The molecule has 5 nitrogen and oxygen atoms in total. The summed E-state index contributed by atoms with van der Waals surface area (Å²) in [6.07, 6.45) is 0. The molecule has 0 saturated heterocycles. The van der Waals surface area contributed by atoms with E-state index in [4.69, 9.17) is 19.2 Å². The van der Waals surface area contributed by atoms with E-state index in [1.165, 1.54) is 0 Å². The standard InChI is InChI=1S/Al.H3O4P.H2O/c;1-5(2,3)4;/h;(H3,1,2,3,4);1H2/q+3;;/p-4. The van der Waals surface area contributed by atoms with E-state index >= 15 is 0 Å². The van der Waals surface area contributed by atoms with Crippen molar-refractivity contribution in [3.63, 3.8) is 0 Å². The first-order chi connectivity index (χ1) is 2.00. The molecular weight excluding hydrogens is 138 g/mol. The molecule has 0 bridgehead atoms. The molecule has 7 heteroatoms. The molecular formula is HAlO5P-. The minimum absolute atomic E-state index is 0. The van der Waals surface area contributed by atoms with Gasteiger partial charge in [-0.05, 0) is 0 Å². The predicted octanol–water partition coefficient (Wildman–Crippen LogP) is -3.38. The summed E-state index contributed by atoms with van der Waals surface area (Å²) < 4.78 is 8.55. The maximum Gasteiger partial charge on any atom is 3.00 e. The second kappa shape index (κ2) is 4.75. The SMILES string of the molecule is O=P([O-])([O-])[O-].[Al+3].[OH-]. The summed E-state index contributed by atoms with van der Waals surface area (Å²) >= 11 is 0. The first kappa shape index (κ1) is 15.6. The molecule has 0 spiro atoms. The van der Waals surface area contributed by atoms with Crippen molar-refractivity contribution in [2.24, 2.45) is 0 Å². The van der Waals surface area contributed by atoms with Gasteiger partial charge in [0.05, 0.1) is 0 Å². The molecule has 0 fully saturated rings. The molecule has 0 aromatic rings. The van der Waals surface area contributed by atoms with Gasteiger partial charge in [0.1, 0.15) is 0 Å². The van der Waals surface area contributed by atoms with Crippen LogP contribution in [0.5, 0.6) is 0 Å². The molecule has 0 unspecified atom stereocenters. The molecule has 0 rings (SSSR count). The Labute approximate surface area is 50.7 Å². The molecule has 40 valence electrons. The van der Waals surface area contributed by atoms with Crippen molar-refractivity contribution in [1.82, 2.24) is 0 Å². The monoisotopic (exact) mass is 139 g/mol. The second-order valence-corrected chi connectivity index (χ2v) is 1.34. The number of hydrogen-bond acceptors (Lipinski definition) is 5. The molecule has 0 radical (unpaired) electrons. The molecule has 0 atom stereocenters. The van der Waals surface area contributed by atoms with Crippen LogP contribution in [0, 0.1) is 0 Å². The van der Waals surface area contributed by atoms with Gasteiger partial charge in [0.25, 0.3) is 0 Å². The van der Waals surface area contributed by atoms with Gasteiger partial charge < -0.3 is 24.7 Å². The summed E-state index contributed by atoms with van der Waals surface area (Å²) in [6, 6.07) is 0. The Kier molecular flexibility index (Phi) is 10.6. The zero-order valence-electron chi connectivity index (χ0n) is 3.10. The van der Waals surface area contributed by atoms with Crippen LogP contribution in [0.4, 0.5) is 0 Å². The normalized spacial score (nSPS) is 8.43. The number of hydrogen-bond donors (Lipinski definition) is 0. The quantitative estimate of drug-likeness (QED) is 0.256. The minimum atomic E-state index is -5.39. The van der Waals surface area contributed by atoms with Crippen LogP contribution in [0.2, 0.25) is 0 Å². The molecule has 0 aliphatic rings. The maximum atomic E-state index is 8.55. The summed E-state index contributed by atoms with van der Waals surface area (Å²) in [5.74, 6) is 0. The van der Waals surface area contributed by atoms with E-state index in [0.717, 1.165) is 0 Å². The molecule has 1 N–H and O–H groups in total. The van der Waals surface area contributed by atoms with Gasteiger partial charge in [-0.1, -0.05) is 0 Å². The van der Waals surface area contributed by atoms with Crippen molar-refractivity contribution < 1.29 is 24.7 Å². The van der Waals surface area contributed by atoms with Crippen molar-refractivity contribution >= 4 is 25.2 Å². The van der Waals surface area contributed by atoms with Gasteiger partial charge in [0, 0.05) is 0 Å². The van der Waals surface area contributed by atoms with Crippen molar-refractivity contribution in [3.8, 4) is 0 Å². The summed E-state index contributed by atoms with van der Waals surface area (Å²) in [7, 11) is -5.39. The van der Waals surface area contributed by atoms with E-state index in [1.54, 1.807) is 0 Å². The molecule has 0 aromatic heterocycles. The van der Waals surface area contributed by atoms with Crippen molar-refractivity contribution in [3.05, 3.63) is 0 Å². The van der Waals surface area contributed by atoms with E-state index in [-0.39, 0.29) is 22.8 Å².